The molecule has 1 N–H and O–H groups in total. The van der Waals surface area contributed by atoms with E-state index in [4.69, 9.17) is 23.2 Å². The first-order valence-corrected chi connectivity index (χ1v) is 7.78. The molecule has 1 aliphatic heterocycles. The summed E-state index contributed by atoms with van der Waals surface area (Å²) >= 11 is 12.5. The van der Waals surface area contributed by atoms with Crippen molar-refractivity contribution < 1.29 is 4.90 Å². The summed E-state index contributed by atoms with van der Waals surface area (Å²) in [5.41, 5.74) is 1.04. The number of hydrogen-bond donors (Lipinski definition) is 1. The highest BCUT2D eigenvalue weighted by atomic mass is 35.5. The molecule has 0 atom stereocenters. The van der Waals surface area contributed by atoms with E-state index >= 15 is 0 Å². The highest BCUT2D eigenvalue weighted by Gasteiger charge is 2.23. The van der Waals surface area contributed by atoms with Crippen molar-refractivity contribution in [2.24, 2.45) is 0 Å². The van der Waals surface area contributed by atoms with Crippen molar-refractivity contribution in [1.82, 2.24) is 9.97 Å². The normalized spacial score (nSPS) is 16.2. The summed E-state index contributed by atoms with van der Waals surface area (Å²) in [4.78, 5) is 12.3. The van der Waals surface area contributed by atoms with Crippen LogP contribution >= 0.6 is 23.2 Å². The maximum Gasteiger partial charge on any atom is 0.225 e. The molecule has 110 valence electrons. The minimum atomic E-state index is 0.754. The molecular weight excluding hydrogens is 307 g/mol. The first kappa shape index (κ1) is 14.6. The molecule has 0 amide bonds. The van der Waals surface area contributed by atoms with Gasteiger partial charge in [0.05, 0.1) is 36.2 Å². The summed E-state index contributed by atoms with van der Waals surface area (Å²) in [5.74, 6) is 0.812. The molecule has 21 heavy (non-hydrogen) atoms. The van der Waals surface area contributed by atoms with Gasteiger partial charge in [0, 0.05) is 18.0 Å². The Morgan fingerprint density at radius 2 is 1.62 bits per heavy atom. The van der Waals surface area contributed by atoms with Crippen molar-refractivity contribution in [2.75, 3.05) is 31.1 Å². The van der Waals surface area contributed by atoms with Crippen LogP contribution in [0.15, 0.2) is 36.7 Å². The minimum Gasteiger partial charge on any atom is -0.330 e. The molecule has 4 nitrogen and oxygen atoms in total. The molecule has 1 aromatic carbocycles. The Kier molecular flexibility index (Phi) is 4.58. The third-order valence-electron chi connectivity index (χ3n) is 3.79. The average Bonchev–Trinajstić information content (AvgIpc) is 2.53. The molecule has 2 aromatic rings. The van der Waals surface area contributed by atoms with Gasteiger partial charge < -0.3 is 9.80 Å². The zero-order valence-corrected chi connectivity index (χ0v) is 13.1. The first-order valence-electron chi connectivity index (χ1n) is 7.02. The van der Waals surface area contributed by atoms with E-state index in [9.17, 15) is 0 Å². The highest BCUT2D eigenvalue weighted by Crippen LogP contribution is 2.23. The number of halogens is 2. The predicted molar refractivity (Wildman–Crippen MR) is 85.1 cm³/mol. The molecule has 0 unspecified atom stereocenters. The number of nitrogens with one attached hydrogen (secondary N) is 1. The summed E-state index contributed by atoms with van der Waals surface area (Å²) in [5, 5.41) is 1.51. The Hall–Kier alpha value is -1.36. The smallest absolute Gasteiger partial charge is 0.225 e. The lowest BCUT2D eigenvalue weighted by atomic mass is 10.2. The van der Waals surface area contributed by atoms with E-state index in [1.54, 1.807) is 12.4 Å². The van der Waals surface area contributed by atoms with Crippen molar-refractivity contribution in [3.63, 3.8) is 0 Å². The van der Waals surface area contributed by atoms with E-state index in [2.05, 4.69) is 14.9 Å². The maximum atomic E-state index is 6.25. The summed E-state index contributed by atoms with van der Waals surface area (Å²) in [6, 6.07) is 7.52. The maximum absolute atomic E-state index is 6.25. The number of nitrogens with zero attached hydrogens (tertiary/aromatic N) is 3. The van der Waals surface area contributed by atoms with Crippen molar-refractivity contribution in [3.05, 3.63) is 52.3 Å². The van der Waals surface area contributed by atoms with Gasteiger partial charge in [0.1, 0.15) is 6.54 Å². The van der Waals surface area contributed by atoms with E-state index in [0.29, 0.717) is 0 Å². The van der Waals surface area contributed by atoms with E-state index in [1.165, 1.54) is 4.90 Å². The van der Waals surface area contributed by atoms with Crippen LogP contribution in [0.4, 0.5) is 5.95 Å². The van der Waals surface area contributed by atoms with Crippen LogP contribution < -0.4 is 9.80 Å². The molecule has 0 bridgehead atoms. The zero-order chi connectivity index (χ0) is 14.7. The predicted octanol–water partition coefficient (Wildman–Crippen LogP) is 1.69. The van der Waals surface area contributed by atoms with E-state index in [0.717, 1.165) is 54.3 Å². The standard InChI is InChI=1S/C15H16Cl2N4/c16-13-3-1-4-14(17)12(13)11-20-7-9-21(10-8-20)15-18-5-2-6-19-15/h1-6H,7-11H2/p+1. The van der Waals surface area contributed by atoms with Gasteiger partial charge in [-0.15, -0.1) is 0 Å². The fourth-order valence-electron chi connectivity index (χ4n) is 2.61. The van der Waals surface area contributed by atoms with Gasteiger partial charge in [0.2, 0.25) is 5.95 Å². The fraction of sp³-hybridized carbons (Fsp3) is 0.333. The van der Waals surface area contributed by atoms with E-state index < -0.39 is 0 Å². The summed E-state index contributed by atoms with van der Waals surface area (Å²) in [6.07, 6.45) is 3.57. The van der Waals surface area contributed by atoms with Gasteiger partial charge in [-0.1, -0.05) is 29.3 Å². The molecule has 0 saturated carbocycles. The molecule has 0 aliphatic carbocycles. The van der Waals surface area contributed by atoms with Gasteiger partial charge in [-0.3, -0.25) is 0 Å². The lowest BCUT2D eigenvalue weighted by Crippen LogP contribution is -3.13. The molecule has 1 fully saturated rings. The Bertz CT molecular complexity index is 578. The molecular formula is C15H17Cl2N4+. The number of rotatable bonds is 3. The second-order valence-corrected chi connectivity index (χ2v) is 5.98. The molecule has 0 spiro atoms. The topological polar surface area (TPSA) is 33.5 Å². The molecule has 2 heterocycles. The van der Waals surface area contributed by atoms with Crippen LogP contribution in [0.5, 0.6) is 0 Å². The average molecular weight is 324 g/mol. The van der Waals surface area contributed by atoms with Crippen LogP contribution in [-0.4, -0.2) is 36.1 Å². The Balaban J connectivity index is 1.62. The number of quaternary nitrogens is 1. The van der Waals surface area contributed by atoms with Crippen molar-refractivity contribution >= 4 is 29.2 Å². The van der Waals surface area contributed by atoms with Crippen molar-refractivity contribution in [2.45, 2.75) is 6.54 Å². The van der Waals surface area contributed by atoms with Crippen LogP contribution in [0.2, 0.25) is 10.0 Å². The third kappa shape index (κ3) is 3.46. The Labute approximate surface area is 134 Å². The number of benzene rings is 1. The van der Waals surface area contributed by atoms with Crippen LogP contribution in [-0.2, 0) is 6.54 Å². The van der Waals surface area contributed by atoms with Crippen molar-refractivity contribution in [3.8, 4) is 0 Å². The van der Waals surface area contributed by atoms with E-state index in [-0.39, 0.29) is 0 Å². The van der Waals surface area contributed by atoms with Gasteiger partial charge >= 0.3 is 0 Å². The van der Waals surface area contributed by atoms with Crippen LogP contribution in [0.3, 0.4) is 0 Å². The molecule has 1 aromatic heterocycles. The van der Waals surface area contributed by atoms with E-state index in [1.807, 2.05) is 24.3 Å². The van der Waals surface area contributed by atoms with Crippen LogP contribution in [0.1, 0.15) is 5.56 Å². The first-order chi connectivity index (χ1) is 10.2. The number of anilines is 1. The van der Waals surface area contributed by atoms with Gasteiger partial charge in [0.25, 0.3) is 0 Å². The van der Waals surface area contributed by atoms with Crippen LogP contribution in [0.25, 0.3) is 0 Å². The lowest BCUT2D eigenvalue weighted by molar-refractivity contribution is -0.914. The largest absolute Gasteiger partial charge is 0.330 e. The fourth-order valence-corrected chi connectivity index (χ4v) is 3.14. The second-order valence-electron chi connectivity index (χ2n) is 5.16. The van der Waals surface area contributed by atoms with Gasteiger partial charge in [0.15, 0.2) is 0 Å². The van der Waals surface area contributed by atoms with Crippen LogP contribution in [0, 0.1) is 0 Å². The number of aromatic nitrogens is 2. The molecule has 0 radical (unpaired) electrons. The third-order valence-corrected chi connectivity index (χ3v) is 4.50. The quantitative estimate of drug-likeness (QED) is 0.933. The second kappa shape index (κ2) is 6.60. The minimum absolute atomic E-state index is 0.754. The van der Waals surface area contributed by atoms with Crippen molar-refractivity contribution in [1.29, 1.82) is 0 Å². The number of hydrogen-bond acceptors (Lipinski definition) is 3. The molecule has 3 rings (SSSR count). The molecule has 6 heteroatoms. The highest BCUT2D eigenvalue weighted by molar-refractivity contribution is 6.35. The Morgan fingerprint density at radius 1 is 1.00 bits per heavy atom. The van der Waals surface area contributed by atoms with Gasteiger partial charge in [-0.25, -0.2) is 9.97 Å². The van der Waals surface area contributed by atoms with Gasteiger partial charge in [-0.2, -0.15) is 0 Å². The molecule has 1 saturated heterocycles. The monoisotopic (exact) mass is 323 g/mol. The number of piperazine rings is 1. The summed E-state index contributed by atoms with van der Waals surface area (Å²) < 4.78 is 0. The molecule has 1 aliphatic rings. The van der Waals surface area contributed by atoms with Gasteiger partial charge in [-0.05, 0) is 18.2 Å². The SMILES string of the molecule is Clc1cccc(Cl)c1C[NH+]1CCN(c2ncccn2)CC1. The summed E-state index contributed by atoms with van der Waals surface area (Å²) in [7, 11) is 0. The lowest BCUT2D eigenvalue weighted by Gasteiger charge is -2.32. The Morgan fingerprint density at radius 3 is 2.24 bits per heavy atom. The summed E-state index contributed by atoms with van der Waals surface area (Å²) in [6.45, 7) is 4.81. The zero-order valence-electron chi connectivity index (χ0n) is 11.6.